The van der Waals surface area contributed by atoms with Gasteiger partial charge in [0.25, 0.3) is 0 Å². The lowest BCUT2D eigenvalue weighted by Gasteiger charge is -2.54. The molecule has 2 aromatic carbocycles. The van der Waals surface area contributed by atoms with Gasteiger partial charge in [0.15, 0.2) is 23.0 Å². The molecular weight excluding hydrogens is 368 g/mol. The number of hydrogen-bond acceptors (Lipinski definition) is 5. The number of para-hydroxylation sites is 2. The summed E-state index contributed by atoms with van der Waals surface area (Å²) in [7, 11) is 3.29. The predicted molar refractivity (Wildman–Crippen MR) is 108 cm³/mol. The van der Waals surface area contributed by atoms with Crippen molar-refractivity contribution in [2.75, 3.05) is 14.2 Å². The van der Waals surface area contributed by atoms with Crippen molar-refractivity contribution in [1.82, 2.24) is 0 Å². The summed E-state index contributed by atoms with van der Waals surface area (Å²) in [5, 5.41) is 0. The summed E-state index contributed by atoms with van der Waals surface area (Å²) in [4.78, 5) is 13.6. The average Bonchev–Trinajstić information content (AvgIpc) is 2.74. The van der Waals surface area contributed by atoms with Crippen molar-refractivity contribution in [3.63, 3.8) is 0 Å². The zero-order chi connectivity index (χ0) is 20.3. The highest BCUT2D eigenvalue weighted by atomic mass is 16.5. The monoisotopic (exact) mass is 394 g/mol. The van der Waals surface area contributed by atoms with Crippen molar-refractivity contribution in [2.24, 2.45) is 17.3 Å². The molecule has 29 heavy (non-hydrogen) atoms. The van der Waals surface area contributed by atoms with Crippen LogP contribution >= 0.6 is 0 Å². The van der Waals surface area contributed by atoms with Gasteiger partial charge in [0.05, 0.1) is 26.1 Å². The van der Waals surface area contributed by atoms with Gasteiger partial charge in [-0.15, -0.1) is 0 Å². The third-order valence-electron chi connectivity index (χ3n) is 6.86. The number of methoxy groups -OCH3 is 2. The Morgan fingerprint density at radius 2 is 1.28 bits per heavy atom. The fourth-order valence-electron chi connectivity index (χ4n) is 5.42. The molecule has 4 unspecified atom stereocenters. The van der Waals surface area contributed by atoms with Gasteiger partial charge in [-0.1, -0.05) is 38.1 Å². The zero-order valence-electron chi connectivity index (χ0n) is 17.2. The van der Waals surface area contributed by atoms with Crippen LogP contribution in [-0.2, 0) is 17.6 Å². The average molecular weight is 394 g/mol. The summed E-state index contributed by atoms with van der Waals surface area (Å²) in [6, 6.07) is 11.8. The number of Topliss-reactive ketones (excluding diaryl/α,β-unsaturated/α-hetero) is 1. The lowest BCUT2D eigenvalue weighted by molar-refractivity contribution is -0.162. The SMILES string of the molecule is COc1cccc2c1OC1C(C2)C(=O)C2Cc3cccc(OC)c3OC2C1(C)C. The van der Waals surface area contributed by atoms with E-state index in [1.165, 1.54) is 0 Å². The minimum atomic E-state index is -0.361. The summed E-state index contributed by atoms with van der Waals surface area (Å²) in [5.74, 6) is 2.81. The third kappa shape index (κ3) is 2.56. The lowest BCUT2D eigenvalue weighted by Crippen LogP contribution is -2.64. The van der Waals surface area contributed by atoms with E-state index in [2.05, 4.69) is 13.8 Å². The molecule has 0 saturated heterocycles. The van der Waals surface area contributed by atoms with E-state index in [9.17, 15) is 4.79 Å². The molecule has 2 heterocycles. The highest BCUT2D eigenvalue weighted by Crippen LogP contribution is 2.53. The van der Waals surface area contributed by atoms with E-state index < -0.39 is 0 Å². The van der Waals surface area contributed by atoms with E-state index >= 15 is 0 Å². The number of hydrogen-bond donors (Lipinski definition) is 0. The smallest absolute Gasteiger partial charge is 0.164 e. The zero-order valence-corrected chi connectivity index (χ0v) is 17.2. The Morgan fingerprint density at radius 1 is 0.828 bits per heavy atom. The van der Waals surface area contributed by atoms with E-state index in [1.54, 1.807) is 14.2 Å². The molecule has 1 fully saturated rings. The van der Waals surface area contributed by atoms with Crippen LogP contribution < -0.4 is 18.9 Å². The molecule has 1 aliphatic carbocycles. The number of rotatable bonds is 2. The first-order valence-corrected chi connectivity index (χ1v) is 10.1. The standard InChI is InChI=1S/C24H26O5/c1-24(2)22-15(11-13-7-5-9-17(26-3)20(13)28-22)19(25)16-12-14-8-6-10-18(27-4)21(14)29-23(16)24/h5-10,15-16,22-23H,11-12H2,1-4H3. The van der Waals surface area contributed by atoms with E-state index in [1.807, 2.05) is 36.4 Å². The summed E-state index contributed by atoms with van der Waals surface area (Å²) < 4.78 is 24.0. The number of carbonyl (C=O) groups is 1. The molecule has 5 nitrogen and oxygen atoms in total. The van der Waals surface area contributed by atoms with Gasteiger partial charge in [-0.2, -0.15) is 0 Å². The van der Waals surface area contributed by atoms with Gasteiger partial charge in [0.1, 0.15) is 18.0 Å². The van der Waals surface area contributed by atoms with Crippen LogP contribution in [0.1, 0.15) is 25.0 Å². The molecule has 5 rings (SSSR count). The van der Waals surface area contributed by atoms with Gasteiger partial charge in [-0.25, -0.2) is 0 Å². The Balaban J connectivity index is 1.57. The van der Waals surface area contributed by atoms with Gasteiger partial charge in [0, 0.05) is 5.41 Å². The van der Waals surface area contributed by atoms with Crippen molar-refractivity contribution in [1.29, 1.82) is 0 Å². The molecule has 0 spiro atoms. The second kappa shape index (κ2) is 6.41. The Labute approximate surface area is 170 Å². The second-order valence-electron chi connectivity index (χ2n) is 8.82. The van der Waals surface area contributed by atoms with Crippen LogP contribution in [0.25, 0.3) is 0 Å². The minimum absolute atomic E-state index is 0.179. The molecule has 4 atom stereocenters. The van der Waals surface area contributed by atoms with E-state index in [0.29, 0.717) is 24.3 Å². The van der Waals surface area contributed by atoms with Crippen LogP contribution in [0.15, 0.2) is 36.4 Å². The molecule has 0 N–H and O–H groups in total. The highest BCUT2D eigenvalue weighted by molar-refractivity contribution is 5.87. The highest BCUT2D eigenvalue weighted by Gasteiger charge is 2.60. The molecule has 0 amide bonds. The Bertz CT molecular complexity index is 904. The van der Waals surface area contributed by atoms with Gasteiger partial charge in [-0.05, 0) is 36.1 Å². The maximum absolute atomic E-state index is 13.6. The maximum Gasteiger partial charge on any atom is 0.164 e. The molecule has 0 radical (unpaired) electrons. The van der Waals surface area contributed by atoms with Crippen molar-refractivity contribution >= 4 is 5.78 Å². The molecule has 2 aromatic rings. The van der Waals surface area contributed by atoms with Crippen LogP contribution in [0.2, 0.25) is 0 Å². The summed E-state index contributed by atoms with van der Waals surface area (Å²) >= 11 is 0. The fourth-order valence-corrected chi connectivity index (χ4v) is 5.42. The van der Waals surface area contributed by atoms with E-state index in [-0.39, 0.29) is 35.2 Å². The first-order chi connectivity index (χ1) is 14.0. The van der Waals surface area contributed by atoms with Crippen molar-refractivity contribution < 1.29 is 23.7 Å². The quantitative estimate of drug-likeness (QED) is 0.774. The van der Waals surface area contributed by atoms with Gasteiger partial charge in [0.2, 0.25) is 0 Å². The lowest BCUT2D eigenvalue weighted by atomic mass is 9.59. The minimum Gasteiger partial charge on any atom is -0.493 e. The summed E-state index contributed by atoms with van der Waals surface area (Å²) in [5.41, 5.74) is 1.71. The summed E-state index contributed by atoms with van der Waals surface area (Å²) in [6.07, 6.45) is 0.814. The molecule has 3 aliphatic rings. The predicted octanol–water partition coefficient (Wildman–Crippen LogP) is 3.85. The van der Waals surface area contributed by atoms with Crippen molar-refractivity contribution in [2.45, 2.75) is 38.9 Å². The number of carbonyl (C=O) groups excluding carboxylic acids is 1. The largest absolute Gasteiger partial charge is 0.493 e. The Hall–Kier alpha value is -2.69. The Kier molecular flexibility index (Phi) is 4.05. The molecule has 152 valence electrons. The van der Waals surface area contributed by atoms with Gasteiger partial charge in [-0.3, -0.25) is 4.79 Å². The number of ketones is 1. The van der Waals surface area contributed by atoms with E-state index in [4.69, 9.17) is 18.9 Å². The second-order valence-corrected chi connectivity index (χ2v) is 8.82. The van der Waals surface area contributed by atoms with Crippen LogP contribution in [0.3, 0.4) is 0 Å². The van der Waals surface area contributed by atoms with Gasteiger partial charge >= 0.3 is 0 Å². The van der Waals surface area contributed by atoms with Crippen LogP contribution in [0.4, 0.5) is 0 Å². The number of benzene rings is 2. The molecular formula is C24H26O5. The molecule has 1 saturated carbocycles. The first kappa shape index (κ1) is 18.3. The number of ether oxygens (including phenoxy) is 4. The fraction of sp³-hybridized carbons (Fsp3) is 0.458. The number of fused-ring (bicyclic) bond motifs is 4. The third-order valence-corrected chi connectivity index (χ3v) is 6.86. The summed E-state index contributed by atoms with van der Waals surface area (Å²) in [6.45, 7) is 4.30. The Morgan fingerprint density at radius 3 is 1.69 bits per heavy atom. The van der Waals surface area contributed by atoms with Crippen molar-refractivity contribution in [3.05, 3.63) is 47.5 Å². The molecule has 0 bridgehead atoms. The van der Waals surface area contributed by atoms with E-state index in [0.717, 1.165) is 22.6 Å². The van der Waals surface area contributed by atoms with Gasteiger partial charge < -0.3 is 18.9 Å². The van der Waals surface area contributed by atoms with Crippen LogP contribution in [0.5, 0.6) is 23.0 Å². The molecule has 5 heteroatoms. The normalized spacial score (nSPS) is 28.6. The molecule has 0 aromatic heterocycles. The van der Waals surface area contributed by atoms with Crippen LogP contribution in [-0.4, -0.2) is 32.2 Å². The first-order valence-electron chi connectivity index (χ1n) is 10.1. The van der Waals surface area contributed by atoms with Crippen molar-refractivity contribution in [3.8, 4) is 23.0 Å². The maximum atomic E-state index is 13.6. The molecule has 2 aliphatic heterocycles. The van der Waals surface area contributed by atoms with Crippen LogP contribution in [0, 0.1) is 17.3 Å². The topological polar surface area (TPSA) is 54.0 Å².